The Labute approximate surface area is 137 Å². The number of nitrogens with zero attached hydrogens (tertiary/aromatic N) is 2. The van der Waals surface area contributed by atoms with Crippen molar-refractivity contribution < 1.29 is 9.59 Å². The number of hydrogen-bond donors (Lipinski definition) is 2. The monoisotopic (exact) mass is 326 g/mol. The van der Waals surface area contributed by atoms with Crippen LogP contribution in [-0.2, 0) is 4.79 Å². The number of halogens is 1. The van der Waals surface area contributed by atoms with Crippen molar-refractivity contribution in [3.63, 3.8) is 0 Å². The molecule has 0 aliphatic rings. The van der Waals surface area contributed by atoms with Crippen LogP contribution in [0.4, 0.5) is 5.82 Å². The van der Waals surface area contributed by atoms with Crippen molar-refractivity contribution in [3.05, 3.63) is 64.3 Å². The van der Waals surface area contributed by atoms with E-state index in [1.807, 2.05) is 6.07 Å². The van der Waals surface area contributed by atoms with E-state index < -0.39 is 11.8 Å². The first-order chi connectivity index (χ1) is 11.0. The van der Waals surface area contributed by atoms with Crippen LogP contribution < -0.4 is 11.1 Å². The topological polar surface area (TPSA) is 109 Å². The second-order valence-corrected chi connectivity index (χ2v) is 4.89. The number of amides is 2. The molecule has 0 fully saturated rings. The summed E-state index contributed by atoms with van der Waals surface area (Å²) in [6, 6.07) is 10.1. The zero-order chi connectivity index (χ0) is 16.8. The van der Waals surface area contributed by atoms with E-state index >= 15 is 0 Å². The highest BCUT2D eigenvalue weighted by atomic mass is 35.5. The van der Waals surface area contributed by atoms with Crippen molar-refractivity contribution >= 4 is 35.3 Å². The molecule has 0 atom stereocenters. The average Bonchev–Trinajstić information content (AvgIpc) is 2.55. The van der Waals surface area contributed by atoms with Crippen molar-refractivity contribution in [1.82, 2.24) is 4.98 Å². The lowest BCUT2D eigenvalue weighted by Crippen LogP contribution is -2.13. The standard InChI is InChI=1S/C16H11ClN4O2/c17-13-7-12(15(19)23)9-20-16(13)21-14(22)5-4-10-2-1-3-11(6-10)8-18/h1-7,9H,(H2,19,23)(H,20,21,22)/b5-4-. The molecule has 0 aliphatic heterocycles. The molecule has 0 spiro atoms. The van der Waals surface area contributed by atoms with Crippen LogP contribution >= 0.6 is 11.6 Å². The lowest BCUT2D eigenvalue weighted by atomic mass is 10.1. The molecule has 1 aromatic heterocycles. The van der Waals surface area contributed by atoms with Gasteiger partial charge in [0.2, 0.25) is 11.8 Å². The minimum atomic E-state index is -0.658. The largest absolute Gasteiger partial charge is 0.366 e. The average molecular weight is 327 g/mol. The number of rotatable bonds is 4. The maximum atomic E-state index is 11.9. The van der Waals surface area contributed by atoms with E-state index in [0.29, 0.717) is 11.1 Å². The molecule has 0 aliphatic carbocycles. The Balaban J connectivity index is 2.09. The first-order valence-electron chi connectivity index (χ1n) is 6.44. The van der Waals surface area contributed by atoms with Crippen molar-refractivity contribution in [2.24, 2.45) is 5.73 Å². The van der Waals surface area contributed by atoms with E-state index in [-0.39, 0.29) is 16.4 Å². The number of primary amides is 1. The van der Waals surface area contributed by atoms with Crippen LogP contribution in [0.25, 0.3) is 6.08 Å². The van der Waals surface area contributed by atoms with Gasteiger partial charge in [-0.1, -0.05) is 23.7 Å². The molecule has 114 valence electrons. The van der Waals surface area contributed by atoms with Crippen LogP contribution in [0.1, 0.15) is 21.5 Å². The molecule has 23 heavy (non-hydrogen) atoms. The number of carbonyl (C=O) groups is 2. The smallest absolute Gasteiger partial charge is 0.250 e. The van der Waals surface area contributed by atoms with Gasteiger partial charge in [-0.3, -0.25) is 9.59 Å². The van der Waals surface area contributed by atoms with Crippen LogP contribution in [0.5, 0.6) is 0 Å². The van der Waals surface area contributed by atoms with Gasteiger partial charge in [0.1, 0.15) is 0 Å². The molecule has 0 saturated carbocycles. The Bertz CT molecular complexity index is 840. The lowest BCUT2D eigenvalue weighted by Gasteiger charge is -2.04. The van der Waals surface area contributed by atoms with Crippen LogP contribution in [0, 0.1) is 11.3 Å². The van der Waals surface area contributed by atoms with E-state index in [1.165, 1.54) is 18.3 Å². The summed E-state index contributed by atoms with van der Waals surface area (Å²) < 4.78 is 0. The molecule has 1 aromatic carbocycles. The van der Waals surface area contributed by atoms with E-state index in [1.54, 1.807) is 30.3 Å². The quantitative estimate of drug-likeness (QED) is 0.840. The lowest BCUT2D eigenvalue weighted by molar-refractivity contribution is -0.111. The Kier molecular flexibility index (Phi) is 5.07. The summed E-state index contributed by atoms with van der Waals surface area (Å²) in [6.45, 7) is 0. The molecular formula is C16H11ClN4O2. The van der Waals surface area contributed by atoms with Crippen LogP contribution in [0.15, 0.2) is 42.6 Å². The summed E-state index contributed by atoms with van der Waals surface area (Å²) in [5.74, 6) is -0.986. The summed E-state index contributed by atoms with van der Waals surface area (Å²) in [5.41, 5.74) is 6.47. The van der Waals surface area contributed by atoms with Gasteiger partial charge in [0, 0.05) is 12.3 Å². The molecule has 1 heterocycles. The van der Waals surface area contributed by atoms with E-state index in [4.69, 9.17) is 22.6 Å². The maximum Gasteiger partial charge on any atom is 0.250 e. The van der Waals surface area contributed by atoms with Gasteiger partial charge in [0.25, 0.3) is 0 Å². The van der Waals surface area contributed by atoms with Crippen molar-refractivity contribution in [2.75, 3.05) is 5.32 Å². The van der Waals surface area contributed by atoms with Gasteiger partial charge in [0.05, 0.1) is 22.2 Å². The summed E-state index contributed by atoms with van der Waals surface area (Å²) >= 11 is 5.93. The zero-order valence-electron chi connectivity index (χ0n) is 11.8. The number of benzene rings is 1. The maximum absolute atomic E-state index is 11.9. The summed E-state index contributed by atoms with van der Waals surface area (Å²) in [4.78, 5) is 26.7. The van der Waals surface area contributed by atoms with Gasteiger partial charge >= 0.3 is 0 Å². The van der Waals surface area contributed by atoms with Gasteiger partial charge in [-0.05, 0) is 29.8 Å². The van der Waals surface area contributed by atoms with E-state index in [9.17, 15) is 9.59 Å². The van der Waals surface area contributed by atoms with Gasteiger partial charge in [-0.2, -0.15) is 5.26 Å². The zero-order valence-corrected chi connectivity index (χ0v) is 12.5. The third-order valence-electron chi connectivity index (χ3n) is 2.81. The number of nitrogens with two attached hydrogens (primary N) is 1. The summed E-state index contributed by atoms with van der Waals surface area (Å²) in [5, 5.41) is 11.4. The molecule has 0 bridgehead atoms. The van der Waals surface area contributed by atoms with Gasteiger partial charge in [-0.25, -0.2) is 4.98 Å². The Morgan fingerprint density at radius 3 is 2.78 bits per heavy atom. The molecule has 7 heteroatoms. The highest BCUT2D eigenvalue weighted by molar-refractivity contribution is 6.33. The van der Waals surface area contributed by atoms with Crippen molar-refractivity contribution in [1.29, 1.82) is 5.26 Å². The number of nitriles is 1. The first-order valence-corrected chi connectivity index (χ1v) is 6.82. The highest BCUT2D eigenvalue weighted by Crippen LogP contribution is 2.20. The Morgan fingerprint density at radius 2 is 2.13 bits per heavy atom. The molecule has 0 unspecified atom stereocenters. The van der Waals surface area contributed by atoms with Gasteiger partial charge < -0.3 is 11.1 Å². The summed E-state index contributed by atoms with van der Waals surface area (Å²) in [6.07, 6.45) is 4.07. The molecule has 0 radical (unpaired) electrons. The summed E-state index contributed by atoms with van der Waals surface area (Å²) in [7, 11) is 0. The Morgan fingerprint density at radius 1 is 1.35 bits per heavy atom. The van der Waals surface area contributed by atoms with Crippen LogP contribution in [0.2, 0.25) is 5.02 Å². The number of nitrogens with one attached hydrogen (secondary N) is 1. The fourth-order valence-corrected chi connectivity index (χ4v) is 1.92. The second-order valence-electron chi connectivity index (χ2n) is 4.48. The Hall–Kier alpha value is -3.17. The number of aromatic nitrogens is 1. The molecule has 3 N–H and O–H groups in total. The predicted octanol–water partition coefficient (Wildman–Crippen LogP) is 2.36. The molecule has 0 saturated heterocycles. The van der Waals surface area contributed by atoms with Crippen LogP contribution in [0.3, 0.4) is 0 Å². The molecule has 6 nitrogen and oxygen atoms in total. The predicted molar refractivity (Wildman–Crippen MR) is 86.6 cm³/mol. The molecular weight excluding hydrogens is 316 g/mol. The number of carbonyl (C=O) groups excluding carboxylic acids is 2. The molecule has 2 aromatic rings. The number of hydrogen-bond acceptors (Lipinski definition) is 4. The number of pyridine rings is 1. The SMILES string of the molecule is N#Cc1cccc(/C=C\C(=O)Nc2ncc(C(N)=O)cc2Cl)c1. The van der Waals surface area contributed by atoms with Gasteiger partial charge in [0.15, 0.2) is 5.82 Å². The van der Waals surface area contributed by atoms with Crippen LogP contribution in [-0.4, -0.2) is 16.8 Å². The van der Waals surface area contributed by atoms with E-state index in [2.05, 4.69) is 10.3 Å². The minimum Gasteiger partial charge on any atom is -0.366 e. The first kappa shape index (κ1) is 16.2. The second kappa shape index (κ2) is 7.20. The van der Waals surface area contributed by atoms with Crippen molar-refractivity contribution in [2.45, 2.75) is 0 Å². The number of anilines is 1. The third-order valence-corrected chi connectivity index (χ3v) is 3.10. The fraction of sp³-hybridized carbons (Fsp3) is 0. The normalized spacial score (nSPS) is 10.3. The van der Waals surface area contributed by atoms with Gasteiger partial charge in [-0.15, -0.1) is 0 Å². The minimum absolute atomic E-state index is 0.106. The highest BCUT2D eigenvalue weighted by Gasteiger charge is 2.08. The molecule has 2 rings (SSSR count). The fourth-order valence-electron chi connectivity index (χ4n) is 1.71. The molecule has 2 amide bonds. The van der Waals surface area contributed by atoms with E-state index in [0.717, 1.165) is 0 Å². The van der Waals surface area contributed by atoms with Crippen molar-refractivity contribution in [3.8, 4) is 6.07 Å². The third kappa shape index (κ3) is 4.40.